The molecule has 96 valence electrons. The van der Waals surface area contributed by atoms with Gasteiger partial charge in [-0.05, 0) is 38.4 Å². The number of nitrogens with zero attached hydrogens (tertiary/aromatic N) is 1. The largest absolute Gasteiger partial charge is 0.316 e. The lowest BCUT2D eigenvalue weighted by atomic mass is 10.2. The highest BCUT2D eigenvalue weighted by Gasteiger charge is 2.08. The minimum absolute atomic E-state index is 0.783. The fourth-order valence-corrected chi connectivity index (χ4v) is 2.96. The van der Waals surface area contributed by atoms with Gasteiger partial charge in [0, 0.05) is 24.6 Å². The van der Waals surface area contributed by atoms with E-state index in [1.165, 1.54) is 63.5 Å². The van der Waals surface area contributed by atoms with E-state index in [0.717, 1.165) is 5.92 Å². The van der Waals surface area contributed by atoms with Gasteiger partial charge in [0.25, 0.3) is 0 Å². The van der Waals surface area contributed by atoms with Gasteiger partial charge in [-0.1, -0.05) is 20.3 Å². The van der Waals surface area contributed by atoms with Crippen molar-refractivity contribution in [2.75, 3.05) is 44.2 Å². The first-order valence-electron chi connectivity index (χ1n) is 6.80. The van der Waals surface area contributed by atoms with Crippen LogP contribution in [-0.2, 0) is 0 Å². The van der Waals surface area contributed by atoms with Crippen LogP contribution in [0.5, 0.6) is 0 Å². The number of hydrogen-bond acceptors (Lipinski definition) is 3. The molecule has 16 heavy (non-hydrogen) atoms. The Balaban J connectivity index is 1.80. The van der Waals surface area contributed by atoms with Gasteiger partial charge >= 0.3 is 0 Å². The van der Waals surface area contributed by atoms with Crippen LogP contribution in [-0.4, -0.2) is 49.1 Å². The van der Waals surface area contributed by atoms with Crippen LogP contribution in [0.3, 0.4) is 0 Å². The van der Waals surface area contributed by atoms with Crippen molar-refractivity contribution >= 4 is 11.8 Å². The number of nitrogens with one attached hydrogen (secondary N) is 1. The van der Waals surface area contributed by atoms with Gasteiger partial charge in [0.05, 0.1) is 0 Å². The van der Waals surface area contributed by atoms with Crippen molar-refractivity contribution in [1.29, 1.82) is 0 Å². The Bertz CT molecular complexity index is 156. The van der Waals surface area contributed by atoms with Crippen molar-refractivity contribution in [3.05, 3.63) is 0 Å². The normalized spacial score (nSPS) is 18.2. The summed E-state index contributed by atoms with van der Waals surface area (Å²) in [5, 5.41) is 3.51. The smallest absolute Gasteiger partial charge is 0.00727 e. The molecule has 0 bridgehead atoms. The molecule has 1 aliphatic heterocycles. The van der Waals surface area contributed by atoms with Crippen LogP contribution < -0.4 is 5.32 Å². The van der Waals surface area contributed by atoms with Gasteiger partial charge in [-0.2, -0.15) is 11.8 Å². The molecular formula is C13H28N2S. The summed E-state index contributed by atoms with van der Waals surface area (Å²) in [5.74, 6) is 3.47. The molecule has 0 aromatic rings. The number of hydrogen-bond donors (Lipinski definition) is 1. The summed E-state index contributed by atoms with van der Waals surface area (Å²) in [4.78, 5) is 2.62. The minimum Gasteiger partial charge on any atom is -0.316 e. The lowest BCUT2D eigenvalue weighted by Crippen LogP contribution is -2.33. The Morgan fingerprint density at radius 1 is 1.12 bits per heavy atom. The summed E-state index contributed by atoms with van der Waals surface area (Å²) in [6.45, 7) is 10.9. The predicted octanol–water partition coefficient (Wildman–Crippen LogP) is 2.45. The van der Waals surface area contributed by atoms with Gasteiger partial charge in [0.15, 0.2) is 0 Å². The van der Waals surface area contributed by atoms with E-state index in [-0.39, 0.29) is 0 Å². The van der Waals surface area contributed by atoms with E-state index in [4.69, 9.17) is 0 Å². The third-order valence-corrected chi connectivity index (χ3v) is 3.93. The summed E-state index contributed by atoms with van der Waals surface area (Å²) in [7, 11) is 0. The maximum absolute atomic E-state index is 3.51. The van der Waals surface area contributed by atoms with Crippen molar-refractivity contribution in [3.63, 3.8) is 0 Å². The average Bonchev–Trinajstić information content (AvgIpc) is 2.29. The molecule has 0 aromatic heterocycles. The van der Waals surface area contributed by atoms with Crippen molar-refractivity contribution in [1.82, 2.24) is 10.2 Å². The van der Waals surface area contributed by atoms with Crippen LogP contribution in [0.1, 0.15) is 33.1 Å². The van der Waals surface area contributed by atoms with Crippen LogP contribution in [0.25, 0.3) is 0 Å². The topological polar surface area (TPSA) is 15.3 Å². The Kier molecular flexibility index (Phi) is 8.34. The SMILES string of the molecule is CC(C)CNCCCCCN1CCSCC1. The van der Waals surface area contributed by atoms with Gasteiger partial charge in [0.1, 0.15) is 0 Å². The van der Waals surface area contributed by atoms with E-state index in [9.17, 15) is 0 Å². The molecule has 0 saturated carbocycles. The molecule has 1 heterocycles. The lowest BCUT2D eigenvalue weighted by molar-refractivity contribution is 0.294. The summed E-state index contributed by atoms with van der Waals surface area (Å²) in [6, 6.07) is 0. The summed E-state index contributed by atoms with van der Waals surface area (Å²) >= 11 is 2.10. The van der Waals surface area contributed by atoms with Crippen molar-refractivity contribution in [2.24, 2.45) is 5.92 Å². The monoisotopic (exact) mass is 244 g/mol. The zero-order valence-electron chi connectivity index (χ0n) is 11.0. The van der Waals surface area contributed by atoms with E-state index >= 15 is 0 Å². The molecule has 1 aliphatic rings. The number of rotatable bonds is 8. The molecule has 0 spiro atoms. The zero-order chi connectivity index (χ0) is 11.6. The number of unbranched alkanes of at least 4 members (excludes halogenated alkanes) is 2. The summed E-state index contributed by atoms with van der Waals surface area (Å²) in [6.07, 6.45) is 4.11. The van der Waals surface area contributed by atoms with Gasteiger partial charge in [-0.25, -0.2) is 0 Å². The Morgan fingerprint density at radius 3 is 2.56 bits per heavy atom. The highest BCUT2D eigenvalue weighted by Crippen LogP contribution is 2.09. The van der Waals surface area contributed by atoms with Gasteiger partial charge in [0.2, 0.25) is 0 Å². The fourth-order valence-electron chi connectivity index (χ4n) is 1.98. The third kappa shape index (κ3) is 7.53. The average molecular weight is 244 g/mol. The quantitative estimate of drug-likeness (QED) is 0.660. The van der Waals surface area contributed by atoms with E-state index in [1.807, 2.05) is 0 Å². The molecule has 1 fully saturated rings. The second kappa shape index (κ2) is 9.32. The van der Waals surface area contributed by atoms with E-state index < -0.39 is 0 Å². The van der Waals surface area contributed by atoms with Crippen LogP contribution in [0, 0.1) is 5.92 Å². The fraction of sp³-hybridized carbons (Fsp3) is 1.00. The second-order valence-electron chi connectivity index (χ2n) is 5.11. The minimum atomic E-state index is 0.783. The van der Waals surface area contributed by atoms with Gasteiger partial charge in [-0.15, -0.1) is 0 Å². The summed E-state index contributed by atoms with van der Waals surface area (Å²) in [5.41, 5.74) is 0. The molecule has 0 aromatic carbocycles. The van der Waals surface area contributed by atoms with E-state index in [0.29, 0.717) is 0 Å². The number of thioether (sulfide) groups is 1. The summed E-state index contributed by atoms with van der Waals surface area (Å²) < 4.78 is 0. The van der Waals surface area contributed by atoms with E-state index in [1.54, 1.807) is 0 Å². The van der Waals surface area contributed by atoms with Crippen molar-refractivity contribution in [3.8, 4) is 0 Å². The second-order valence-corrected chi connectivity index (χ2v) is 6.34. The molecule has 0 aliphatic carbocycles. The van der Waals surface area contributed by atoms with Crippen LogP contribution >= 0.6 is 11.8 Å². The Labute approximate surface area is 106 Å². The molecule has 0 amide bonds. The maximum Gasteiger partial charge on any atom is 0.00727 e. The third-order valence-electron chi connectivity index (χ3n) is 2.98. The Hall–Kier alpha value is 0.270. The first-order valence-corrected chi connectivity index (χ1v) is 7.95. The van der Waals surface area contributed by atoms with Gasteiger partial charge in [-0.3, -0.25) is 0 Å². The van der Waals surface area contributed by atoms with Gasteiger partial charge < -0.3 is 10.2 Å². The standard InChI is InChI=1S/C13H28N2S/c1-13(2)12-14-6-4-3-5-7-15-8-10-16-11-9-15/h13-14H,3-12H2,1-2H3. The van der Waals surface area contributed by atoms with Crippen LogP contribution in [0.15, 0.2) is 0 Å². The molecule has 1 rings (SSSR count). The highest BCUT2D eigenvalue weighted by atomic mass is 32.2. The lowest BCUT2D eigenvalue weighted by Gasteiger charge is -2.25. The van der Waals surface area contributed by atoms with Crippen molar-refractivity contribution in [2.45, 2.75) is 33.1 Å². The zero-order valence-corrected chi connectivity index (χ0v) is 11.8. The van der Waals surface area contributed by atoms with E-state index in [2.05, 4.69) is 35.8 Å². The molecule has 0 unspecified atom stereocenters. The highest BCUT2D eigenvalue weighted by molar-refractivity contribution is 7.99. The maximum atomic E-state index is 3.51. The molecule has 3 heteroatoms. The first kappa shape index (κ1) is 14.3. The molecule has 1 saturated heterocycles. The first-order chi connectivity index (χ1) is 7.79. The molecule has 0 atom stereocenters. The molecule has 1 N–H and O–H groups in total. The molecule has 0 radical (unpaired) electrons. The molecule has 2 nitrogen and oxygen atoms in total. The molecular weight excluding hydrogens is 216 g/mol. The predicted molar refractivity (Wildman–Crippen MR) is 75.3 cm³/mol. The Morgan fingerprint density at radius 2 is 1.88 bits per heavy atom. The van der Waals surface area contributed by atoms with Crippen molar-refractivity contribution < 1.29 is 0 Å². The van der Waals surface area contributed by atoms with Crippen LogP contribution in [0.2, 0.25) is 0 Å². The van der Waals surface area contributed by atoms with Crippen LogP contribution in [0.4, 0.5) is 0 Å².